The molecular weight excluding hydrogens is 263 g/mol. The molecule has 19 heavy (non-hydrogen) atoms. The molecule has 0 aliphatic rings. The Morgan fingerprint density at radius 2 is 2.05 bits per heavy atom. The summed E-state index contributed by atoms with van der Waals surface area (Å²) in [6.07, 6.45) is 1.07. The second-order valence-electron chi connectivity index (χ2n) is 3.71. The van der Waals surface area contributed by atoms with Crippen molar-refractivity contribution in [2.75, 3.05) is 0 Å². The number of halogens is 3. The second-order valence-corrected chi connectivity index (χ2v) is 3.71. The molecule has 8 heteroatoms. The normalized spacial score (nSPS) is 12.2. The maximum atomic E-state index is 13.4. The maximum Gasteiger partial charge on any atom is 0.254 e. The van der Waals surface area contributed by atoms with Crippen LogP contribution in [0.1, 0.15) is 29.1 Å². The highest BCUT2D eigenvalue weighted by Crippen LogP contribution is 2.16. The van der Waals surface area contributed by atoms with Crippen molar-refractivity contribution in [1.82, 2.24) is 15.5 Å². The molecule has 100 valence electrons. The van der Waals surface area contributed by atoms with E-state index in [2.05, 4.69) is 20.0 Å². The molecule has 0 saturated carbocycles. The highest BCUT2D eigenvalue weighted by atomic mass is 19.2. The number of nitrogens with one attached hydrogen (secondary N) is 1. The predicted molar refractivity (Wildman–Crippen MR) is 56.5 cm³/mol. The Morgan fingerprint density at radius 1 is 1.32 bits per heavy atom. The molecule has 1 aromatic carbocycles. The number of carbonyl (C=O) groups is 1. The van der Waals surface area contributed by atoms with E-state index in [1.54, 1.807) is 0 Å². The number of aromatic nitrogens is 2. The molecule has 1 atom stereocenters. The van der Waals surface area contributed by atoms with Gasteiger partial charge in [-0.05, 0) is 19.1 Å². The minimum Gasteiger partial charge on any atom is -0.343 e. The van der Waals surface area contributed by atoms with Crippen LogP contribution in [0.3, 0.4) is 0 Å². The Labute approximate surface area is 105 Å². The van der Waals surface area contributed by atoms with Crippen molar-refractivity contribution in [2.45, 2.75) is 13.0 Å². The van der Waals surface area contributed by atoms with E-state index >= 15 is 0 Å². The van der Waals surface area contributed by atoms with Gasteiger partial charge in [0.05, 0.1) is 11.6 Å². The van der Waals surface area contributed by atoms with Crippen LogP contribution >= 0.6 is 0 Å². The number of carbonyl (C=O) groups excluding carboxylic acids is 1. The summed E-state index contributed by atoms with van der Waals surface area (Å²) in [5.74, 6) is -5.33. The molecule has 0 radical (unpaired) electrons. The Hall–Kier alpha value is -2.38. The van der Waals surface area contributed by atoms with Gasteiger partial charge in [0.1, 0.15) is 0 Å². The average molecular weight is 271 g/mol. The van der Waals surface area contributed by atoms with Crippen molar-refractivity contribution in [3.8, 4) is 0 Å². The van der Waals surface area contributed by atoms with Gasteiger partial charge in [0.15, 0.2) is 23.3 Å². The molecule has 0 aliphatic heterocycles. The van der Waals surface area contributed by atoms with Gasteiger partial charge in [0.25, 0.3) is 5.91 Å². The van der Waals surface area contributed by atoms with Crippen molar-refractivity contribution in [2.24, 2.45) is 0 Å². The predicted octanol–water partition coefficient (Wildman–Crippen LogP) is 1.98. The highest BCUT2D eigenvalue weighted by molar-refractivity contribution is 5.94. The molecule has 0 aliphatic carbocycles. The number of benzene rings is 1. The number of rotatable bonds is 3. The van der Waals surface area contributed by atoms with Crippen LogP contribution in [0.25, 0.3) is 0 Å². The molecule has 0 spiro atoms. The van der Waals surface area contributed by atoms with Gasteiger partial charge in [0.2, 0.25) is 6.39 Å². The molecule has 2 rings (SSSR count). The average Bonchev–Trinajstić information content (AvgIpc) is 2.89. The summed E-state index contributed by atoms with van der Waals surface area (Å²) in [6.45, 7) is 1.53. The smallest absolute Gasteiger partial charge is 0.254 e. The van der Waals surface area contributed by atoms with E-state index in [9.17, 15) is 18.0 Å². The van der Waals surface area contributed by atoms with E-state index < -0.39 is 35.0 Å². The third-order valence-corrected chi connectivity index (χ3v) is 2.39. The number of amides is 1. The minimum absolute atomic E-state index is 0.177. The van der Waals surface area contributed by atoms with Crippen LogP contribution in [0.4, 0.5) is 13.2 Å². The fraction of sp³-hybridized carbons (Fsp3) is 0.182. The lowest BCUT2D eigenvalue weighted by atomic mass is 10.1. The Morgan fingerprint density at radius 3 is 2.68 bits per heavy atom. The van der Waals surface area contributed by atoms with E-state index in [-0.39, 0.29) is 5.82 Å². The molecule has 0 fully saturated rings. The second kappa shape index (κ2) is 5.09. The standard InChI is InChI=1S/C11H8F3N3O2/c1-5(10-15-4-19-17-10)16-11(18)6-2-3-7(12)9(14)8(6)13/h2-5H,1H3,(H,16,18)/t5-/m1/s1. The van der Waals surface area contributed by atoms with Crippen molar-refractivity contribution < 1.29 is 22.5 Å². The zero-order valence-electron chi connectivity index (χ0n) is 9.65. The fourth-order valence-electron chi connectivity index (χ4n) is 1.41. The summed E-state index contributed by atoms with van der Waals surface area (Å²) < 4.78 is 43.6. The zero-order chi connectivity index (χ0) is 14.0. The van der Waals surface area contributed by atoms with E-state index in [0.29, 0.717) is 6.07 Å². The van der Waals surface area contributed by atoms with Gasteiger partial charge in [0, 0.05) is 0 Å². The Balaban J connectivity index is 2.19. The first-order chi connectivity index (χ1) is 9.00. The van der Waals surface area contributed by atoms with Crippen LogP contribution in [-0.4, -0.2) is 16.0 Å². The molecule has 2 aromatic rings. The van der Waals surface area contributed by atoms with Crippen molar-refractivity contribution in [3.05, 3.63) is 47.4 Å². The van der Waals surface area contributed by atoms with Gasteiger partial charge >= 0.3 is 0 Å². The van der Waals surface area contributed by atoms with Crippen LogP contribution in [0.2, 0.25) is 0 Å². The molecule has 5 nitrogen and oxygen atoms in total. The summed E-state index contributed by atoms with van der Waals surface area (Å²) >= 11 is 0. The largest absolute Gasteiger partial charge is 0.343 e. The van der Waals surface area contributed by atoms with Crippen LogP contribution < -0.4 is 5.32 Å². The van der Waals surface area contributed by atoms with Crippen molar-refractivity contribution >= 4 is 5.91 Å². The number of hydrogen-bond donors (Lipinski definition) is 1. The van der Waals surface area contributed by atoms with E-state index in [1.807, 2.05) is 0 Å². The Kier molecular flexibility index (Phi) is 3.50. The zero-order valence-corrected chi connectivity index (χ0v) is 9.65. The third-order valence-electron chi connectivity index (χ3n) is 2.39. The summed E-state index contributed by atoms with van der Waals surface area (Å²) in [5, 5.41) is 5.82. The minimum atomic E-state index is -1.69. The van der Waals surface area contributed by atoms with Crippen LogP contribution in [0, 0.1) is 17.5 Å². The molecule has 1 heterocycles. The first kappa shape index (κ1) is 13.1. The van der Waals surface area contributed by atoms with E-state index in [1.165, 1.54) is 6.92 Å². The lowest BCUT2D eigenvalue weighted by molar-refractivity contribution is 0.0932. The lowest BCUT2D eigenvalue weighted by Crippen LogP contribution is -2.28. The number of nitrogens with zero attached hydrogens (tertiary/aromatic N) is 2. The first-order valence-corrected chi connectivity index (χ1v) is 5.21. The molecular formula is C11H8F3N3O2. The monoisotopic (exact) mass is 271 g/mol. The molecule has 0 unspecified atom stereocenters. The van der Waals surface area contributed by atoms with E-state index in [0.717, 1.165) is 12.5 Å². The van der Waals surface area contributed by atoms with Crippen molar-refractivity contribution in [1.29, 1.82) is 0 Å². The summed E-state index contributed by atoms with van der Waals surface area (Å²) in [5.41, 5.74) is -0.603. The van der Waals surface area contributed by atoms with Crippen LogP contribution in [-0.2, 0) is 0 Å². The topological polar surface area (TPSA) is 68.0 Å². The van der Waals surface area contributed by atoms with Crippen LogP contribution in [0.15, 0.2) is 23.0 Å². The summed E-state index contributed by atoms with van der Waals surface area (Å²) in [7, 11) is 0. The number of hydrogen-bond acceptors (Lipinski definition) is 4. The first-order valence-electron chi connectivity index (χ1n) is 5.21. The van der Waals surface area contributed by atoms with Gasteiger partial charge in [-0.25, -0.2) is 13.2 Å². The fourth-order valence-corrected chi connectivity index (χ4v) is 1.41. The van der Waals surface area contributed by atoms with Crippen molar-refractivity contribution in [3.63, 3.8) is 0 Å². The van der Waals surface area contributed by atoms with Gasteiger partial charge < -0.3 is 9.84 Å². The molecule has 1 aromatic heterocycles. The summed E-state index contributed by atoms with van der Waals surface area (Å²) in [4.78, 5) is 15.4. The molecule has 1 N–H and O–H groups in total. The van der Waals surface area contributed by atoms with Gasteiger partial charge in [-0.1, -0.05) is 5.16 Å². The van der Waals surface area contributed by atoms with Crippen LogP contribution in [0.5, 0.6) is 0 Å². The van der Waals surface area contributed by atoms with Gasteiger partial charge in [-0.15, -0.1) is 0 Å². The molecule has 0 bridgehead atoms. The molecule has 0 saturated heterocycles. The van der Waals surface area contributed by atoms with Gasteiger partial charge in [-0.2, -0.15) is 4.98 Å². The SMILES string of the molecule is C[C@@H](NC(=O)c1ccc(F)c(F)c1F)c1ncon1. The molecule has 1 amide bonds. The highest BCUT2D eigenvalue weighted by Gasteiger charge is 2.21. The lowest BCUT2D eigenvalue weighted by Gasteiger charge is -2.10. The van der Waals surface area contributed by atoms with Gasteiger partial charge in [-0.3, -0.25) is 4.79 Å². The third kappa shape index (κ3) is 2.56. The quantitative estimate of drug-likeness (QED) is 0.867. The maximum absolute atomic E-state index is 13.4. The summed E-state index contributed by atoms with van der Waals surface area (Å²) in [6, 6.07) is 0.858. The van der Waals surface area contributed by atoms with E-state index in [4.69, 9.17) is 0 Å². The Bertz CT molecular complexity index is 601.